The molecule has 3 aliphatic rings. The summed E-state index contributed by atoms with van der Waals surface area (Å²) in [6, 6.07) is 10.4. The van der Waals surface area contributed by atoms with Gasteiger partial charge in [0.15, 0.2) is 11.3 Å². The summed E-state index contributed by atoms with van der Waals surface area (Å²) in [5.74, 6) is 0.809. The predicted molar refractivity (Wildman–Crippen MR) is 92.9 cm³/mol. The van der Waals surface area contributed by atoms with Gasteiger partial charge in [-0.2, -0.15) is 0 Å². The third-order valence-corrected chi connectivity index (χ3v) is 4.46. The summed E-state index contributed by atoms with van der Waals surface area (Å²) in [5, 5.41) is 0.957. The topological polar surface area (TPSA) is 41.6 Å². The summed E-state index contributed by atoms with van der Waals surface area (Å²) in [6.07, 6.45) is 2.54. The number of hydrogen-bond donors (Lipinski definition) is 0. The van der Waals surface area contributed by atoms with Gasteiger partial charge in [-0.3, -0.25) is 4.99 Å². The quantitative estimate of drug-likeness (QED) is 0.677. The fourth-order valence-electron chi connectivity index (χ4n) is 3.31. The van der Waals surface area contributed by atoms with Crippen molar-refractivity contribution in [3.8, 4) is 11.5 Å². The van der Waals surface area contributed by atoms with Crippen molar-refractivity contribution in [2.75, 3.05) is 24.5 Å². The largest absolute Gasteiger partial charge is 0.453 e. The zero-order valence-corrected chi connectivity index (χ0v) is 13.7. The molecular weight excluding hydrogens is 286 g/mol. The van der Waals surface area contributed by atoms with E-state index in [-0.39, 0.29) is 0 Å². The lowest BCUT2D eigenvalue weighted by molar-refractivity contribution is 0.611. The summed E-state index contributed by atoms with van der Waals surface area (Å²) in [5.41, 5.74) is 5.00. The van der Waals surface area contributed by atoms with E-state index in [1.165, 1.54) is 18.5 Å². The lowest BCUT2D eigenvalue weighted by atomic mass is 10.1. The molecule has 1 fully saturated rings. The van der Waals surface area contributed by atoms with Gasteiger partial charge in [-0.05, 0) is 50.5 Å². The maximum absolute atomic E-state index is 6.17. The molecule has 2 heterocycles. The van der Waals surface area contributed by atoms with E-state index in [1.807, 2.05) is 13.0 Å². The van der Waals surface area contributed by atoms with Gasteiger partial charge in [-0.15, -0.1) is 0 Å². The van der Waals surface area contributed by atoms with Crippen molar-refractivity contribution >= 4 is 16.8 Å². The summed E-state index contributed by atoms with van der Waals surface area (Å²) in [4.78, 5) is 11.7. The van der Waals surface area contributed by atoms with Crippen LogP contribution in [-0.2, 0) is 0 Å². The van der Waals surface area contributed by atoms with Gasteiger partial charge in [-0.25, -0.2) is 4.98 Å². The first kappa shape index (κ1) is 14.2. The number of fused-ring (bicyclic) bond motifs is 2. The second-order valence-electron chi connectivity index (χ2n) is 6.14. The van der Waals surface area contributed by atoms with Crippen LogP contribution in [0.2, 0.25) is 0 Å². The van der Waals surface area contributed by atoms with E-state index in [0.717, 1.165) is 53.1 Å². The van der Waals surface area contributed by atoms with Gasteiger partial charge in [0.1, 0.15) is 11.2 Å². The van der Waals surface area contributed by atoms with Crippen LogP contribution in [0.1, 0.15) is 25.3 Å². The van der Waals surface area contributed by atoms with Crippen molar-refractivity contribution in [1.82, 2.24) is 4.98 Å². The normalized spacial score (nSPS) is 15.9. The molecule has 0 unspecified atom stereocenters. The van der Waals surface area contributed by atoms with E-state index >= 15 is 0 Å². The zero-order valence-electron chi connectivity index (χ0n) is 13.7. The molecule has 1 aromatic rings. The van der Waals surface area contributed by atoms with Gasteiger partial charge in [0.25, 0.3) is 0 Å². The van der Waals surface area contributed by atoms with E-state index in [9.17, 15) is 0 Å². The van der Waals surface area contributed by atoms with Crippen molar-refractivity contribution in [3.63, 3.8) is 0 Å². The first-order valence-corrected chi connectivity index (χ1v) is 8.35. The van der Waals surface area contributed by atoms with Gasteiger partial charge < -0.3 is 9.32 Å². The van der Waals surface area contributed by atoms with Gasteiger partial charge in [0.05, 0.1) is 5.36 Å². The molecule has 0 atom stereocenters. The minimum atomic E-state index is 0.769. The minimum absolute atomic E-state index is 0.769. The van der Waals surface area contributed by atoms with Crippen LogP contribution in [0.3, 0.4) is 0 Å². The molecule has 2 aliphatic heterocycles. The number of benzene rings is 2. The van der Waals surface area contributed by atoms with Gasteiger partial charge in [0.2, 0.25) is 0 Å². The molecule has 23 heavy (non-hydrogen) atoms. The SMILES string of the molecule is CC/N=c1/cc2oc3cc(N4CCCC4)ccc3nc-2c(C)c1. The molecule has 1 saturated heterocycles. The second kappa shape index (κ2) is 5.69. The van der Waals surface area contributed by atoms with Gasteiger partial charge in [-0.1, -0.05) is 0 Å². The fourth-order valence-corrected chi connectivity index (χ4v) is 3.31. The Kier molecular flexibility index (Phi) is 3.52. The molecule has 1 aliphatic carbocycles. The van der Waals surface area contributed by atoms with Crippen molar-refractivity contribution in [3.05, 3.63) is 41.3 Å². The fraction of sp³-hybridized carbons (Fsp3) is 0.368. The van der Waals surface area contributed by atoms with Crippen molar-refractivity contribution in [1.29, 1.82) is 0 Å². The minimum Gasteiger partial charge on any atom is -0.453 e. The highest BCUT2D eigenvalue weighted by Gasteiger charge is 2.16. The smallest absolute Gasteiger partial charge is 0.155 e. The molecule has 4 nitrogen and oxygen atoms in total. The summed E-state index contributed by atoms with van der Waals surface area (Å²) in [6.45, 7) is 7.13. The Balaban J connectivity index is 1.90. The Labute approximate surface area is 135 Å². The lowest BCUT2D eigenvalue weighted by Crippen LogP contribution is -2.17. The van der Waals surface area contributed by atoms with Gasteiger partial charge >= 0.3 is 0 Å². The number of nitrogens with zero attached hydrogens (tertiary/aromatic N) is 3. The van der Waals surface area contributed by atoms with Crippen LogP contribution < -0.4 is 10.3 Å². The van der Waals surface area contributed by atoms with Crippen LogP contribution in [0.5, 0.6) is 0 Å². The van der Waals surface area contributed by atoms with Crippen molar-refractivity contribution < 1.29 is 4.42 Å². The molecule has 0 aromatic heterocycles. The molecule has 0 amide bonds. The molecule has 0 bridgehead atoms. The number of hydrogen-bond acceptors (Lipinski definition) is 4. The van der Waals surface area contributed by atoms with E-state index in [2.05, 4.69) is 41.1 Å². The maximum Gasteiger partial charge on any atom is 0.155 e. The highest BCUT2D eigenvalue weighted by molar-refractivity contribution is 5.80. The highest BCUT2D eigenvalue weighted by Crippen LogP contribution is 2.29. The van der Waals surface area contributed by atoms with Crippen LogP contribution in [0.15, 0.2) is 39.7 Å². The van der Waals surface area contributed by atoms with Crippen LogP contribution in [-0.4, -0.2) is 24.6 Å². The number of rotatable bonds is 2. The number of aromatic nitrogens is 1. The Hall–Kier alpha value is -2.36. The summed E-state index contributed by atoms with van der Waals surface area (Å²) < 4.78 is 6.17. The van der Waals surface area contributed by atoms with E-state index < -0.39 is 0 Å². The summed E-state index contributed by atoms with van der Waals surface area (Å²) in [7, 11) is 0. The second-order valence-corrected chi connectivity index (χ2v) is 6.14. The predicted octanol–water partition coefficient (Wildman–Crippen LogP) is 3.76. The molecule has 0 radical (unpaired) electrons. The molecule has 4 rings (SSSR count). The Bertz CT molecular complexity index is 891. The maximum atomic E-state index is 6.17. The van der Waals surface area contributed by atoms with Crippen LogP contribution >= 0.6 is 0 Å². The van der Waals surface area contributed by atoms with E-state index in [4.69, 9.17) is 9.40 Å². The first-order valence-electron chi connectivity index (χ1n) is 8.35. The average Bonchev–Trinajstić information content (AvgIpc) is 3.07. The Morgan fingerprint density at radius 3 is 2.78 bits per heavy atom. The van der Waals surface area contributed by atoms with E-state index in [1.54, 1.807) is 0 Å². The number of anilines is 1. The molecule has 0 N–H and O–H groups in total. The highest BCUT2D eigenvalue weighted by atomic mass is 16.3. The van der Waals surface area contributed by atoms with Crippen LogP contribution in [0.4, 0.5) is 5.69 Å². The first-order chi connectivity index (χ1) is 11.2. The number of aryl methyl sites for hydroxylation is 1. The Morgan fingerprint density at radius 2 is 2.00 bits per heavy atom. The Morgan fingerprint density at radius 1 is 1.17 bits per heavy atom. The average molecular weight is 307 g/mol. The summed E-state index contributed by atoms with van der Waals surface area (Å²) >= 11 is 0. The molecule has 1 aromatic carbocycles. The van der Waals surface area contributed by atoms with E-state index in [0.29, 0.717) is 0 Å². The standard InChI is InChI=1S/C19H21N3O/c1-3-20-14-10-13(2)19-18(11-14)23-17-12-15(6-7-16(17)21-19)22-8-4-5-9-22/h6-7,10-12H,3-5,8-9H2,1-2H3/b20-14+. The van der Waals surface area contributed by atoms with Crippen molar-refractivity contribution in [2.24, 2.45) is 4.99 Å². The van der Waals surface area contributed by atoms with Crippen molar-refractivity contribution in [2.45, 2.75) is 26.7 Å². The van der Waals surface area contributed by atoms with Crippen LogP contribution in [0.25, 0.3) is 22.6 Å². The molecule has 0 spiro atoms. The molecule has 4 heteroatoms. The molecule has 118 valence electrons. The third kappa shape index (κ3) is 2.58. The van der Waals surface area contributed by atoms with Gasteiger partial charge in [0, 0.05) is 37.5 Å². The zero-order chi connectivity index (χ0) is 15.8. The third-order valence-electron chi connectivity index (χ3n) is 4.46. The van der Waals surface area contributed by atoms with Crippen LogP contribution in [0, 0.1) is 6.92 Å². The monoisotopic (exact) mass is 307 g/mol. The molecule has 0 saturated carbocycles. The molecular formula is C19H21N3O. The lowest BCUT2D eigenvalue weighted by Gasteiger charge is -2.18.